The third-order valence-electron chi connectivity index (χ3n) is 3.84. The highest BCUT2D eigenvalue weighted by molar-refractivity contribution is 5.82. The highest BCUT2D eigenvalue weighted by Gasteiger charge is 2.37. The van der Waals surface area contributed by atoms with Gasteiger partial charge in [0.05, 0.1) is 6.54 Å². The van der Waals surface area contributed by atoms with Crippen molar-refractivity contribution in [2.24, 2.45) is 5.92 Å². The summed E-state index contributed by atoms with van der Waals surface area (Å²) in [6.45, 7) is 4.71. The molecule has 0 bridgehead atoms. The molecule has 8 nitrogen and oxygen atoms in total. The second-order valence-electron chi connectivity index (χ2n) is 5.82. The molecule has 0 aromatic carbocycles. The molecule has 0 aromatic rings. The summed E-state index contributed by atoms with van der Waals surface area (Å²) in [5.41, 5.74) is 0. The monoisotopic (exact) mass is 315 g/mol. The molecule has 1 rings (SSSR count). The van der Waals surface area contributed by atoms with Crippen LogP contribution >= 0.6 is 0 Å². The van der Waals surface area contributed by atoms with Gasteiger partial charge in [-0.05, 0) is 39.2 Å². The molecule has 1 aliphatic rings. The Balaban J connectivity index is 2.47. The SMILES string of the molecule is CC(C)N1CCCC(CNCC(=O)NCC(=O)O)[C@H]1C(=O)O. The predicted octanol–water partition coefficient (Wildman–Crippen LogP) is -0.650. The van der Waals surface area contributed by atoms with Gasteiger partial charge in [-0.25, -0.2) is 0 Å². The van der Waals surface area contributed by atoms with Crippen molar-refractivity contribution >= 4 is 17.8 Å². The third-order valence-corrected chi connectivity index (χ3v) is 3.84. The molecule has 1 saturated heterocycles. The van der Waals surface area contributed by atoms with Crippen LogP contribution in [0.3, 0.4) is 0 Å². The molecule has 1 fully saturated rings. The van der Waals surface area contributed by atoms with Crippen molar-refractivity contribution in [2.75, 3.05) is 26.2 Å². The zero-order chi connectivity index (χ0) is 16.7. The largest absolute Gasteiger partial charge is 0.480 e. The zero-order valence-corrected chi connectivity index (χ0v) is 13.0. The van der Waals surface area contributed by atoms with Crippen LogP contribution in [0.4, 0.5) is 0 Å². The number of nitrogens with one attached hydrogen (secondary N) is 2. The number of hydrogen-bond donors (Lipinski definition) is 4. The summed E-state index contributed by atoms with van der Waals surface area (Å²) in [7, 11) is 0. The van der Waals surface area contributed by atoms with Crippen LogP contribution in [0.1, 0.15) is 26.7 Å². The lowest BCUT2D eigenvalue weighted by Crippen LogP contribution is -2.55. The van der Waals surface area contributed by atoms with E-state index in [1.807, 2.05) is 18.7 Å². The second kappa shape index (κ2) is 8.70. The van der Waals surface area contributed by atoms with Crippen LogP contribution in [0.15, 0.2) is 0 Å². The minimum atomic E-state index is -1.10. The molecule has 22 heavy (non-hydrogen) atoms. The molecule has 8 heteroatoms. The van der Waals surface area contributed by atoms with Crippen molar-refractivity contribution in [3.63, 3.8) is 0 Å². The number of aliphatic carboxylic acids is 2. The van der Waals surface area contributed by atoms with Gasteiger partial charge in [-0.3, -0.25) is 19.3 Å². The van der Waals surface area contributed by atoms with Crippen molar-refractivity contribution in [2.45, 2.75) is 38.8 Å². The number of likely N-dealkylation sites (tertiary alicyclic amines) is 1. The van der Waals surface area contributed by atoms with Gasteiger partial charge in [-0.1, -0.05) is 0 Å². The zero-order valence-electron chi connectivity index (χ0n) is 13.0. The van der Waals surface area contributed by atoms with E-state index >= 15 is 0 Å². The highest BCUT2D eigenvalue weighted by atomic mass is 16.4. The van der Waals surface area contributed by atoms with E-state index in [9.17, 15) is 19.5 Å². The van der Waals surface area contributed by atoms with Gasteiger partial charge in [0.2, 0.25) is 5.91 Å². The lowest BCUT2D eigenvalue weighted by atomic mass is 9.88. The first-order valence-electron chi connectivity index (χ1n) is 7.50. The normalized spacial score (nSPS) is 22.5. The molecule has 1 heterocycles. The number of carboxylic acids is 2. The van der Waals surface area contributed by atoms with Crippen molar-refractivity contribution < 1.29 is 24.6 Å². The molecule has 1 amide bonds. The summed E-state index contributed by atoms with van der Waals surface area (Å²) in [6.07, 6.45) is 1.73. The maximum Gasteiger partial charge on any atom is 0.322 e. The van der Waals surface area contributed by atoms with E-state index in [1.54, 1.807) is 0 Å². The van der Waals surface area contributed by atoms with Crippen LogP contribution in [0, 0.1) is 5.92 Å². The third kappa shape index (κ3) is 5.61. The molecule has 126 valence electrons. The maximum atomic E-state index is 11.5. The topological polar surface area (TPSA) is 119 Å². The summed E-state index contributed by atoms with van der Waals surface area (Å²) >= 11 is 0. The Hall–Kier alpha value is -1.67. The Morgan fingerprint density at radius 1 is 1.23 bits per heavy atom. The van der Waals surface area contributed by atoms with Crippen molar-refractivity contribution in [3.05, 3.63) is 0 Å². The van der Waals surface area contributed by atoms with Crippen LogP contribution < -0.4 is 10.6 Å². The van der Waals surface area contributed by atoms with Crippen molar-refractivity contribution in [3.8, 4) is 0 Å². The number of carbonyl (C=O) groups excluding carboxylic acids is 1. The Bertz CT molecular complexity index is 413. The molecule has 1 unspecified atom stereocenters. The second-order valence-corrected chi connectivity index (χ2v) is 5.82. The number of carbonyl (C=O) groups is 3. The van der Waals surface area contributed by atoms with Gasteiger partial charge in [0.25, 0.3) is 0 Å². The van der Waals surface area contributed by atoms with Gasteiger partial charge in [-0.15, -0.1) is 0 Å². The average Bonchev–Trinajstić information content (AvgIpc) is 2.44. The first kappa shape index (κ1) is 18.4. The van der Waals surface area contributed by atoms with Gasteiger partial charge in [0.1, 0.15) is 12.6 Å². The number of carboxylic acid groups (broad SMARTS) is 2. The fourth-order valence-corrected chi connectivity index (χ4v) is 2.85. The van der Waals surface area contributed by atoms with Crippen LogP contribution in [0.25, 0.3) is 0 Å². The minimum Gasteiger partial charge on any atom is -0.480 e. The molecule has 0 spiro atoms. The Labute approximate surface area is 129 Å². The molecule has 2 atom stereocenters. The van der Waals surface area contributed by atoms with E-state index in [4.69, 9.17) is 5.11 Å². The fraction of sp³-hybridized carbons (Fsp3) is 0.786. The molecule has 4 N–H and O–H groups in total. The van der Waals surface area contributed by atoms with Crippen LogP contribution in [0.2, 0.25) is 0 Å². The summed E-state index contributed by atoms with van der Waals surface area (Å²) in [4.78, 5) is 35.3. The summed E-state index contributed by atoms with van der Waals surface area (Å²) in [6, 6.07) is -0.397. The van der Waals surface area contributed by atoms with E-state index in [-0.39, 0.29) is 18.5 Å². The van der Waals surface area contributed by atoms with E-state index in [2.05, 4.69) is 10.6 Å². The number of nitrogens with zero attached hydrogens (tertiary/aromatic N) is 1. The highest BCUT2D eigenvalue weighted by Crippen LogP contribution is 2.25. The minimum absolute atomic E-state index is 0.0161. The maximum absolute atomic E-state index is 11.5. The van der Waals surface area contributed by atoms with Crippen LogP contribution in [-0.2, 0) is 14.4 Å². The molecule has 0 aliphatic carbocycles. The van der Waals surface area contributed by atoms with Crippen molar-refractivity contribution in [1.29, 1.82) is 0 Å². The number of amides is 1. The first-order valence-corrected chi connectivity index (χ1v) is 7.50. The fourth-order valence-electron chi connectivity index (χ4n) is 2.85. The van der Waals surface area contributed by atoms with Crippen LogP contribution in [-0.4, -0.2) is 71.2 Å². The van der Waals surface area contributed by atoms with Gasteiger partial charge in [0, 0.05) is 12.6 Å². The first-order chi connectivity index (χ1) is 10.3. The number of rotatable bonds is 8. The standard InChI is InChI=1S/C14H25N3O5/c1-9(2)17-5-3-4-10(13(17)14(21)22)6-15-7-11(18)16-8-12(19)20/h9-10,13,15H,3-8H2,1-2H3,(H,16,18)(H,19,20)(H,21,22)/t10?,13-/m0/s1. The molecule has 0 radical (unpaired) electrons. The quantitative estimate of drug-likeness (QED) is 0.470. The van der Waals surface area contributed by atoms with Gasteiger partial charge in [-0.2, -0.15) is 0 Å². The van der Waals surface area contributed by atoms with Crippen LogP contribution in [0.5, 0.6) is 0 Å². The summed E-state index contributed by atoms with van der Waals surface area (Å²) in [5, 5.41) is 23.1. The molecule has 1 aliphatic heterocycles. The lowest BCUT2D eigenvalue weighted by molar-refractivity contribution is -0.148. The lowest BCUT2D eigenvalue weighted by Gasteiger charge is -2.41. The Morgan fingerprint density at radius 2 is 1.91 bits per heavy atom. The van der Waals surface area contributed by atoms with E-state index in [0.29, 0.717) is 6.54 Å². The van der Waals surface area contributed by atoms with Gasteiger partial charge in [0.15, 0.2) is 0 Å². The smallest absolute Gasteiger partial charge is 0.322 e. The Morgan fingerprint density at radius 3 is 2.45 bits per heavy atom. The summed E-state index contributed by atoms with van der Waals surface area (Å²) < 4.78 is 0. The Kier molecular flexibility index (Phi) is 7.26. The molecular weight excluding hydrogens is 290 g/mol. The predicted molar refractivity (Wildman–Crippen MR) is 79.5 cm³/mol. The summed E-state index contributed by atoms with van der Waals surface area (Å²) in [5.74, 6) is -2.42. The molecule has 0 aromatic heterocycles. The van der Waals surface area contributed by atoms with Gasteiger partial charge >= 0.3 is 11.9 Å². The number of piperidine rings is 1. The molecular formula is C14H25N3O5. The van der Waals surface area contributed by atoms with E-state index in [0.717, 1.165) is 19.4 Å². The molecule has 0 saturated carbocycles. The van der Waals surface area contributed by atoms with E-state index < -0.39 is 30.4 Å². The number of hydrogen-bond acceptors (Lipinski definition) is 5. The van der Waals surface area contributed by atoms with E-state index in [1.165, 1.54) is 0 Å². The average molecular weight is 315 g/mol. The van der Waals surface area contributed by atoms with Gasteiger partial charge < -0.3 is 20.8 Å². The van der Waals surface area contributed by atoms with Crippen molar-refractivity contribution in [1.82, 2.24) is 15.5 Å².